The van der Waals surface area contributed by atoms with Crippen LogP contribution in [0.1, 0.15) is 128 Å². The molecule has 23 heteroatoms. The van der Waals surface area contributed by atoms with E-state index in [1.54, 1.807) is 6.20 Å². The number of aromatic amines is 1. The summed E-state index contributed by atoms with van der Waals surface area (Å²) in [6.07, 6.45) is 1.83. The third-order valence-electron chi connectivity index (χ3n) is 13.8. The molecule has 2 aromatic carbocycles. The highest BCUT2D eigenvalue weighted by Crippen LogP contribution is 2.27. The van der Waals surface area contributed by atoms with E-state index in [-0.39, 0.29) is 139 Å². The summed E-state index contributed by atoms with van der Waals surface area (Å²) in [5.74, 6) is -8.00. The molecular weight excluding hydrogens is 1000 g/mol. The predicted octanol–water partition coefficient (Wildman–Crippen LogP) is 0.710. The molecule has 0 aliphatic carbocycles. The molecule has 6 amide bonds. The average molecular weight is 1080 g/mol. The number of amides is 6. The van der Waals surface area contributed by atoms with Gasteiger partial charge in [0.2, 0.25) is 35.4 Å². The second-order valence-electron chi connectivity index (χ2n) is 21.1. The summed E-state index contributed by atoms with van der Waals surface area (Å²) >= 11 is 0. The summed E-state index contributed by atoms with van der Waals surface area (Å²) in [4.78, 5) is 137. The Labute approximate surface area is 455 Å². The van der Waals surface area contributed by atoms with Crippen molar-refractivity contribution < 1.29 is 43.2 Å². The van der Waals surface area contributed by atoms with Crippen LogP contribution in [-0.4, -0.2) is 120 Å². The van der Waals surface area contributed by atoms with Crippen molar-refractivity contribution in [2.75, 3.05) is 19.6 Å². The van der Waals surface area contributed by atoms with Crippen molar-refractivity contribution in [1.82, 2.24) is 31.6 Å². The molecule has 4 rings (SSSR count). The number of H-pyrrole nitrogens is 1. The third kappa shape index (κ3) is 21.0. The van der Waals surface area contributed by atoms with E-state index in [0.717, 1.165) is 22.0 Å². The smallest absolute Gasteiger partial charge is 0.243 e. The topological polar surface area (TPSA) is 410 Å². The van der Waals surface area contributed by atoms with Gasteiger partial charge in [0.05, 0.1) is 6.04 Å². The van der Waals surface area contributed by atoms with Crippen LogP contribution in [0.3, 0.4) is 0 Å². The molecule has 23 nitrogen and oxygen atoms in total. The maximum Gasteiger partial charge on any atom is 0.243 e. The van der Waals surface area contributed by atoms with E-state index in [2.05, 4.69) is 62.3 Å². The summed E-state index contributed by atoms with van der Waals surface area (Å²) in [5.41, 5.74) is 37.1. The van der Waals surface area contributed by atoms with Gasteiger partial charge < -0.3 is 66.0 Å². The van der Waals surface area contributed by atoms with Crippen LogP contribution in [0, 0.1) is 11.8 Å². The molecule has 3 aromatic rings. The summed E-state index contributed by atoms with van der Waals surface area (Å²) in [5, 5.41) is 14.4. The first-order chi connectivity index (χ1) is 36.9. The minimum Gasteiger partial charge on any atom is -0.370 e. The normalized spacial score (nSPS) is 21.3. The Morgan fingerprint density at radius 3 is 2.01 bits per heavy atom. The monoisotopic (exact) mass is 1080 g/mol. The molecule has 7 atom stereocenters. The number of nitrogens with zero attached hydrogens (tertiary/aromatic N) is 2. The number of aromatic nitrogens is 1. The van der Waals surface area contributed by atoms with Gasteiger partial charge in [-0.05, 0) is 98.9 Å². The summed E-state index contributed by atoms with van der Waals surface area (Å²) in [7, 11) is 0. The SMILES string of the molecule is CC(=O)N[C@@H](CCCN=C(N)N)C(=O)N[C@H]1CCC(=O)CCCC[C@@H](C(N)=O)NC(=O)[C@H](Cc2c[nH]c3ccccc23)CC(=O)[C@H](CCCN=C(N)N)CC(=O)[C@@H](Cc2ccc(C(C)(C)C)cc2)NC(=O)[C@H](CCN)NC1=O. The molecule has 1 aliphatic rings. The van der Waals surface area contributed by atoms with Gasteiger partial charge in [0.15, 0.2) is 17.7 Å². The Morgan fingerprint density at radius 1 is 0.718 bits per heavy atom. The largest absolute Gasteiger partial charge is 0.370 e. The van der Waals surface area contributed by atoms with Gasteiger partial charge in [-0.25, -0.2) is 0 Å². The van der Waals surface area contributed by atoms with E-state index in [1.807, 2.05) is 48.5 Å². The highest BCUT2D eigenvalue weighted by atomic mass is 16.2. The number of carbonyl (C=O) groups is 9. The maximum absolute atomic E-state index is 14.9. The fourth-order valence-electron chi connectivity index (χ4n) is 9.38. The van der Waals surface area contributed by atoms with Crippen LogP contribution in [0.15, 0.2) is 64.7 Å². The second kappa shape index (κ2) is 30.9. The molecule has 18 N–H and O–H groups in total. The third-order valence-corrected chi connectivity index (χ3v) is 13.8. The quantitative estimate of drug-likeness (QED) is 0.0475. The van der Waals surface area contributed by atoms with Crippen LogP contribution < -0.4 is 61.0 Å². The number of rotatable bonds is 18. The number of fused-ring (bicyclic) bond motifs is 1. The van der Waals surface area contributed by atoms with Crippen LogP contribution in [0.25, 0.3) is 10.9 Å². The van der Waals surface area contributed by atoms with E-state index in [0.29, 0.717) is 5.56 Å². The number of nitrogens with one attached hydrogen (secondary N) is 6. The van der Waals surface area contributed by atoms with Crippen molar-refractivity contribution in [3.05, 3.63) is 71.4 Å². The maximum atomic E-state index is 14.9. The van der Waals surface area contributed by atoms with Gasteiger partial charge >= 0.3 is 0 Å². The lowest BCUT2D eigenvalue weighted by molar-refractivity contribution is -0.135. The minimum atomic E-state index is -1.42. The van der Waals surface area contributed by atoms with Gasteiger partial charge in [-0.2, -0.15) is 0 Å². The second-order valence-corrected chi connectivity index (χ2v) is 21.1. The Balaban J connectivity index is 1.80. The number of ketones is 3. The molecule has 78 heavy (non-hydrogen) atoms. The highest BCUT2D eigenvalue weighted by Gasteiger charge is 2.35. The van der Waals surface area contributed by atoms with Crippen molar-refractivity contribution in [3.8, 4) is 0 Å². The lowest BCUT2D eigenvalue weighted by atomic mass is 9.83. The zero-order chi connectivity index (χ0) is 57.5. The van der Waals surface area contributed by atoms with Crippen LogP contribution in [0.4, 0.5) is 0 Å². The standard InChI is InChI=1S/C55H82N14O9/c1-32(70)65-42(16-10-26-63-54(60)61)50(76)67-43-22-21-38(71)12-5-7-15-41(48(57)74)66-49(75)35(28-36-31-64-40-14-8-6-13-39(36)40)30-46(72)34(11-9-25-62-53(58)59)29-47(73)45(69-52(78)44(23-24-56)68-51(43)77)27-33-17-19-37(20-18-33)55(2,3)4/h6,8,13-14,17-20,31,34-35,41-45,64H,5,7,9-12,15-16,21-30,56H2,1-4H3,(H2,57,74)(H,65,70)(H,66,75)(H,67,76)(H,68,77)(H,69,78)(H4,58,59,62)(H4,60,61,63)/t34-,35-,41+,42+,43+,44+,45-/m1/s1. The fourth-order valence-corrected chi connectivity index (χ4v) is 9.38. The molecule has 1 fully saturated rings. The molecule has 1 aromatic heterocycles. The molecular formula is C55H82N14O9. The number of nitrogens with two attached hydrogens (primary N) is 6. The van der Waals surface area contributed by atoms with Gasteiger partial charge in [0.1, 0.15) is 35.7 Å². The van der Waals surface area contributed by atoms with Gasteiger partial charge in [0.25, 0.3) is 0 Å². The molecule has 0 saturated carbocycles. The van der Waals surface area contributed by atoms with Crippen LogP contribution in [-0.2, 0) is 61.4 Å². The Morgan fingerprint density at radius 2 is 1.37 bits per heavy atom. The average Bonchev–Trinajstić information content (AvgIpc) is 3.79. The van der Waals surface area contributed by atoms with Crippen molar-refractivity contribution in [1.29, 1.82) is 0 Å². The number of benzene rings is 2. The van der Waals surface area contributed by atoms with Crippen LogP contribution in [0.5, 0.6) is 0 Å². The zero-order valence-corrected chi connectivity index (χ0v) is 45.5. The molecule has 0 spiro atoms. The van der Waals surface area contributed by atoms with Crippen molar-refractivity contribution in [2.24, 2.45) is 56.2 Å². The highest BCUT2D eigenvalue weighted by molar-refractivity contribution is 5.98. The number of Topliss-reactive ketones (excluding diaryl/α,β-unsaturated/α-hetero) is 3. The van der Waals surface area contributed by atoms with E-state index < -0.39 is 89.1 Å². The number of aliphatic imine (C=N–C) groups is 2. The molecule has 1 saturated heterocycles. The van der Waals surface area contributed by atoms with Gasteiger partial charge in [-0.15, -0.1) is 0 Å². The van der Waals surface area contributed by atoms with Crippen molar-refractivity contribution in [2.45, 2.75) is 160 Å². The van der Waals surface area contributed by atoms with E-state index >= 15 is 0 Å². The molecule has 0 radical (unpaired) electrons. The summed E-state index contributed by atoms with van der Waals surface area (Å²) in [6, 6.07) is 8.64. The van der Waals surface area contributed by atoms with E-state index in [4.69, 9.17) is 34.4 Å². The molecule has 1 aliphatic heterocycles. The van der Waals surface area contributed by atoms with Gasteiger partial charge in [0, 0.05) is 74.6 Å². The minimum absolute atomic E-state index is 0.00413. The summed E-state index contributed by atoms with van der Waals surface area (Å²) < 4.78 is 0. The Kier molecular flexibility index (Phi) is 24.9. The zero-order valence-electron chi connectivity index (χ0n) is 45.5. The first kappa shape index (κ1) is 62.8. The first-order valence-electron chi connectivity index (χ1n) is 26.8. The number of para-hydroxylation sites is 1. The predicted molar refractivity (Wildman–Crippen MR) is 298 cm³/mol. The van der Waals surface area contributed by atoms with Crippen molar-refractivity contribution in [3.63, 3.8) is 0 Å². The lowest BCUT2D eigenvalue weighted by Gasteiger charge is -2.27. The lowest BCUT2D eigenvalue weighted by Crippen LogP contribution is -2.58. The molecule has 0 unspecified atom stereocenters. The van der Waals surface area contributed by atoms with Gasteiger partial charge in [-0.1, -0.05) is 69.7 Å². The number of primary amides is 1. The molecule has 2 heterocycles. The Bertz CT molecular complexity index is 2620. The van der Waals surface area contributed by atoms with Crippen molar-refractivity contribution >= 4 is 75.6 Å². The first-order valence-corrected chi connectivity index (χ1v) is 26.8. The van der Waals surface area contributed by atoms with Crippen LogP contribution in [0.2, 0.25) is 0 Å². The number of carbonyl (C=O) groups excluding carboxylic acids is 9. The fraction of sp³-hybridized carbons (Fsp3) is 0.545. The van der Waals surface area contributed by atoms with E-state index in [1.165, 1.54) is 6.92 Å². The Hall–Kier alpha value is -7.69. The van der Waals surface area contributed by atoms with E-state index in [9.17, 15) is 43.2 Å². The molecule has 426 valence electrons. The van der Waals surface area contributed by atoms with Gasteiger partial charge in [-0.3, -0.25) is 53.1 Å². The summed E-state index contributed by atoms with van der Waals surface area (Å²) in [6.45, 7) is 7.55. The number of guanidine groups is 2. The number of hydrogen-bond acceptors (Lipinski definition) is 12. The van der Waals surface area contributed by atoms with Crippen LogP contribution >= 0.6 is 0 Å². The molecule has 0 bridgehead atoms. The number of hydrogen-bond donors (Lipinski definition) is 12.